The maximum absolute atomic E-state index is 14.0. The highest BCUT2D eigenvalue weighted by Crippen LogP contribution is 2.21. The van der Waals surface area contributed by atoms with Gasteiger partial charge >= 0.3 is 0 Å². The first kappa shape index (κ1) is 16.4. The second-order valence-electron chi connectivity index (χ2n) is 5.21. The van der Waals surface area contributed by atoms with Gasteiger partial charge in [0.05, 0.1) is 0 Å². The van der Waals surface area contributed by atoms with Crippen molar-refractivity contribution < 1.29 is 12.8 Å². The SMILES string of the molecule is CCCN1CCN(S(=O)(=O)c2ccc(CN)cc2F)CC1. The van der Waals surface area contributed by atoms with Crippen LogP contribution in [0.2, 0.25) is 0 Å². The minimum absolute atomic E-state index is 0.187. The van der Waals surface area contributed by atoms with E-state index in [9.17, 15) is 12.8 Å². The number of hydrogen-bond donors (Lipinski definition) is 1. The predicted octanol–water partition coefficient (Wildman–Crippen LogP) is 1.00. The molecule has 21 heavy (non-hydrogen) atoms. The van der Waals surface area contributed by atoms with Gasteiger partial charge in [0.15, 0.2) is 0 Å². The minimum atomic E-state index is -3.77. The van der Waals surface area contributed by atoms with E-state index < -0.39 is 15.8 Å². The Balaban J connectivity index is 2.16. The smallest absolute Gasteiger partial charge is 0.246 e. The summed E-state index contributed by atoms with van der Waals surface area (Å²) in [5.41, 5.74) is 6.01. The number of nitrogens with zero attached hydrogens (tertiary/aromatic N) is 2. The third kappa shape index (κ3) is 3.60. The third-order valence-corrected chi connectivity index (χ3v) is 5.65. The molecule has 0 saturated carbocycles. The van der Waals surface area contributed by atoms with Crippen molar-refractivity contribution in [3.8, 4) is 0 Å². The Morgan fingerprint density at radius 1 is 1.24 bits per heavy atom. The van der Waals surface area contributed by atoms with E-state index in [4.69, 9.17) is 5.73 Å². The van der Waals surface area contributed by atoms with Crippen LogP contribution in [0.5, 0.6) is 0 Å². The molecule has 1 fully saturated rings. The summed E-state index contributed by atoms with van der Waals surface area (Å²) in [5.74, 6) is -0.728. The molecule has 118 valence electrons. The lowest BCUT2D eigenvalue weighted by molar-refractivity contribution is 0.188. The molecule has 7 heteroatoms. The quantitative estimate of drug-likeness (QED) is 0.880. The zero-order valence-electron chi connectivity index (χ0n) is 12.3. The zero-order chi connectivity index (χ0) is 15.5. The van der Waals surface area contributed by atoms with Crippen molar-refractivity contribution in [1.82, 2.24) is 9.21 Å². The van der Waals surface area contributed by atoms with Crippen LogP contribution >= 0.6 is 0 Å². The molecule has 0 amide bonds. The van der Waals surface area contributed by atoms with E-state index in [1.807, 2.05) is 0 Å². The largest absolute Gasteiger partial charge is 0.326 e. The fourth-order valence-electron chi connectivity index (χ4n) is 2.53. The molecule has 1 aromatic carbocycles. The topological polar surface area (TPSA) is 66.6 Å². The van der Waals surface area contributed by atoms with Crippen molar-refractivity contribution in [2.75, 3.05) is 32.7 Å². The lowest BCUT2D eigenvalue weighted by atomic mass is 10.2. The van der Waals surface area contributed by atoms with Gasteiger partial charge in [-0.3, -0.25) is 0 Å². The van der Waals surface area contributed by atoms with E-state index >= 15 is 0 Å². The van der Waals surface area contributed by atoms with Gasteiger partial charge in [-0.2, -0.15) is 4.31 Å². The Labute approximate surface area is 125 Å². The van der Waals surface area contributed by atoms with Gasteiger partial charge in [-0.15, -0.1) is 0 Å². The van der Waals surface area contributed by atoms with Crippen molar-refractivity contribution >= 4 is 10.0 Å². The summed E-state index contributed by atoms with van der Waals surface area (Å²) in [4.78, 5) is 1.96. The number of benzene rings is 1. The summed E-state index contributed by atoms with van der Waals surface area (Å²) in [6.45, 7) is 5.43. The van der Waals surface area contributed by atoms with Crippen molar-refractivity contribution in [2.24, 2.45) is 5.73 Å². The van der Waals surface area contributed by atoms with Crippen LogP contribution < -0.4 is 5.73 Å². The molecule has 0 unspecified atom stereocenters. The lowest BCUT2D eigenvalue weighted by Crippen LogP contribution is -2.48. The van der Waals surface area contributed by atoms with E-state index in [2.05, 4.69) is 11.8 Å². The highest BCUT2D eigenvalue weighted by Gasteiger charge is 2.30. The van der Waals surface area contributed by atoms with E-state index in [-0.39, 0.29) is 11.4 Å². The Bertz CT molecular complexity index is 584. The van der Waals surface area contributed by atoms with Crippen LogP contribution in [0.25, 0.3) is 0 Å². The number of hydrogen-bond acceptors (Lipinski definition) is 4. The summed E-state index contributed by atoms with van der Waals surface area (Å²) in [6.07, 6.45) is 1.04. The molecule has 1 aliphatic heterocycles. The van der Waals surface area contributed by atoms with E-state index in [0.29, 0.717) is 31.7 Å². The molecule has 0 bridgehead atoms. The monoisotopic (exact) mass is 315 g/mol. The van der Waals surface area contributed by atoms with Gasteiger partial charge in [0, 0.05) is 32.7 Å². The number of piperazine rings is 1. The molecular formula is C14H22FN3O2S. The van der Waals surface area contributed by atoms with Gasteiger partial charge in [0.1, 0.15) is 10.7 Å². The first-order chi connectivity index (χ1) is 9.98. The molecule has 0 spiro atoms. The summed E-state index contributed by atoms with van der Waals surface area (Å²) in [7, 11) is -3.77. The molecule has 1 aromatic rings. The fraction of sp³-hybridized carbons (Fsp3) is 0.571. The van der Waals surface area contributed by atoms with Crippen molar-refractivity contribution in [2.45, 2.75) is 24.8 Å². The highest BCUT2D eigenvalue weighted by molar-refractivity contribution is 7.89. The zero-order valence-corrected chi connectivity index (χ0v) is 13.1. The standard InChI is InChI=1S/C14H22FN3O2S/c1-2-5-17-6-8-18(9-7-17)21(19,20)14-4-3-12(11-16)10-13(14)15/h3-4,10H,2,5-9,11,16H2,1H3. The van der Waals surface area contributed by atoms with Crippen LogP contribution in [0, 0.1) is 5.82 Å². The van der Waals surface area contributed by atoms with Crippen molar-refractivity contribution in [3.63, 3.8) is 0 Å². The van der Waals surface area contributed by atoms with Crippen LogP contribution in [-0.4, -0.2) is 50.3 Å². The Hall–Kier alpha value is -1.02. The molecule has 0 atom stereocenters. The van der Waals surface area contributed by atoms with Gasteiger partial charge in [-0.25, -0.2) is 12.8 Å². The highest BCUT2D eigenvalue weighted by atomic mass is 32.2. The molecule has 1 aliphatic rings. The maximum atomic E-state index is 14.0. The average molecular weight is 315 g/mol. The lowest BCUT2D eigenvalue weighted by Gasteiger charge is -2.33. The van der Waals surface area contributed by atoms with Crippen LogP contribution in [0.15, 0.2) is 23.1 Å². The van der Waals surface area contributed by atoms with E-state index in [0.717, 1.165) is 13.0 Å². The summed E-state index contributed by atoms with van der Waals surface area (Å²) >= 11 is 0. The van der Waals surface area contributed by atoms with Gasteiger partial charge in [0.25, 0.3) is 0 Å². The second kappa shape index (κ2) is 6.83. The molecule has 5 nitrogen and oxygen atoms in total. The second-order valence-corrected chi connectivity index (χ2v) is 7.12. The summed E-state index contributed by atoms with van der Waals surface area (Å²) in [5, 5.41) is 0. The van der Waals surface area contributed by atoms with Gasteiger partial charge < -0.3 is 10.6 Å². The van der Waals surface area contributed by atoms with Crippen molar-refractivity contribution in [3.05, 3.63) is 29.6 Å². The van der Waals surface area contributed by atoms with E-state index in [1.165, 1.54) is 16.4 Å². The average Bonchev–Trinajstić information content (AvgIpc) is 2.47. The minimum Gasteiger partial charge on any atom is -0.326 e. The van der Waals surface area contributed by atoms with E-state index in [1.54, 1.807) is 6.07 Å². The van der Waals surface area contributed by atoms with Gasteiger partial charge in [-0.1, -0.05) is 13.0 Å². The third-order valence-electron chi connectivity index (χ3n) is 3.72. The molecule has 0 aliphatic carbocycles. The van der Waals surface area contributed by atoms with Crippen LogP contribution in [0.3, 0.4) is 0 Å². The predicted molar refractivity (Wildman–Crippen MR) is 79.8 cm³/mol. The van der Waals surface area contributed by atoms with Gasteiger partial charge in [0.2, 0.25) is 10.0 Å². The Kier molecular flexibility index (Phi) is 5.32. The fourth-order valence-corrected chi connectivity index (χ4v) is 4.00. The number of halogens is 1. The van der Waals surface area contributed by atoms with Gasteiger partial charge in [-0.05, 0) is 30.7 Å². The first-order valence-corrected chi connectivity index (χ1v) is 8.64. The molecule has 2 rings (SSSR count). The van der Waals surface area contributed by atoms with Crippen molar-refractivity contribution in [1.29, 1.82) is 0 Å². The Morgan fingerprint density at radius 3 is 2.43 bits per heavy atom. The summed E-state index contributed by atoms with van der Waals surface area (Å²) in [6, 6.07) is 4.06. The molecule has 0 aromatic heterocycles. The normalized spacial score (nSPS) is 18.0. The number of sulfonamides is 1. The molecule has 1 saturated heterocycles. The molecule has 0 radical (unpaired) electrons. The number of rotatable bonds is 5. The summed E-state index contributed by atoms with van der Waals surface area (Å²) < 4.78 is 40.4. The number of nitrogens with two attached hydrogens (primary N) is 1. The maximum Gasteiger partial charge on any atom is 0.246 e. The van der Waals surface area contributed by atoms with Crippen LogP contribution in [0.4, 0.5) is 4.39 Å². The molecule has 1 heterocycles. The van der Waals surface area contributed by atoms with Crippen LogP contribution in [0.1, 0.15) is 18.9 Å². The first-order valence-electron chi connectivity index (χ1n) is 7.20. The molecular weight excluding hydrogens is 293 g/mol. The van der Waals surface area contributed by atoms with Crippen LogP contribution in [-0.2, 0) is 16.6 Å². The molecule has 2 N–H and O–H groups in total. The Morgan fingerprint density at radius 2 is 1.90 bits per heavy atom.